The van der Waals surface area contributed by atoms with E-state index in [4.69, 9.17) is 9.47 Å². The van der Waals surface area contributed by atoms with Gasteiger partial charge in [-0.1, -0.05) is 0 Å². The summed E-state index contributed by atoms with van der Waals surface area (Å²) in [5.41, 5.74) is 2.22. The van der Waals surface area contributed by atoms with Crippen molar-refractivity contribution in [1.29, 1.82) is 0 Å². The first kappa shape index (κ1) is 21.6. The molecule has 0 fully saturated rings. The first-order chi connectivity index (χ1) is 13.4. The molecule has 0 spiro atoms. The summed E-state index contributed by atoms with van der Waals surface area (Å²) in [4.78, 5) is 8.67. The van der Waals surface area contributed by atoms with E-state index in [0.29, 0.717) is 6.54 Å². The van der Waals surface area contributed by atoms with Crippen LogP contribution in [0.3, 0.4) is 0 Å². The molecule has 0 aliphatic carbocycles. The minimum absolute atomic E-state index is 0.189. The highest BCUT2D eigenvalue weighted by Crippen LogP contribution is 2.25. The quantitative estimate of drug-likeness (QED) is 0.549. The number of aromatic nitrogens is 2. The second-order valence-electron chi connectivity index (χ2n) is 6.89. The van der Waals surface area contributed by atoms with Gasteiger partial charge in [0.2, 0.25) is 0 Å². The van der Waals surface area contributed by atoms with Crippen LogP contribution in [0, 0.1) is 0 Å². The van der Waals surface area contributed by atoms with Gasteiger partial charge in [-0.3, -0.25) is 9.67 Å². The van der Waals surface area contributed by atoms with Crippen molar-refractivity contribution in [1.82, 2.24) is 24.9 Å². The fraction of sp³-hybridized carbons (Fsp3) is 0.500. The Morgan fingerprint density at radius 3 is 2.54 bits per heavy atom. The van der Waals surface area contributed by atoms with E-state index in [0.717, 1.165) is 35.1 Å². The number of nitrogens with zero attached hydrogens (tertiary/aromatic N) is 5. The largest absolute Gasteiger partial charge is 0.497 e. The Hall–Kier alpha value is -2.74. The van der Waals surface area contributed by atoms with Crippen LogP contribution in [0.2, 0.25) is 0 Å². The maximum Gasteiger partial charge on any atom is 0.193 e. The minimum atomic E-state index is 0.189. The zero-order chi connectivity index (χ0) is 20.7. The van der Waals surface area contributed by atoms with Gasteiger partial charge < -0.3 is 24.6 Å². The molecule has 1 aromatic carbocycles. The van der Waals surface area contributed by atoms with E-state index >= 15 is 0 Å². The number of hydrogen-bond acceptors (Lipinski definition) is 5. The normalized spacial score (nSPS) is 12.8. The Kier molecular flexibility index (Phi) is 7.69. The van der Waals surface area contributed by atoms with Crippen LogP contribution < -0.4 is 14.8 Å². The van der Waals surface area contributed by atoms with Crippen molar-refractivity contribution in [3.63, 3.8) is 0 Å². The molecule has 154 valence electrons. The van der Waals surface area contributed by atoms with Gasteiger partial charge in [-0.25, -0.2) is 0 Å². The third-order valence-corrected chi connectivity index (χ3v) is 4.66. The van der Waals surface area contributed by atoms with Crippen LogP contribution in [0.1, 0.15) is 17.2 Å². The number of benzene rings is 1. The summed E-state index contributed by atoms with van der Waals surface area (Å²) in [6, 6.07) is 6.03. The van der Waals surface area contributed by atoms with Crippen LogP contribution in [0.15, 0.2) is 35.6 Å². The molecular formula is C20H32N6O2. The zero-order valence-electron chi connectivity index (χ0n) is 17.9. The van der Waals surface area contributed by atoms with Crippen molar-refractivity contribution in [3.8, 4) is 11.5 Å². The third-order valence-electron chi connectivity index (χ3n) is 4.66. The Labute approximate surface area is 167 Å². The van der Waals surface area contributed by atoms with Crippen molar-refractivity contribution in [2.75, 3.05) is 49.0 Å². The Morgan fingerprint density at radius 1 is 1.25 bits per heavy atom. The number of hydrogen-bond donors (Lipinski definition) is 1. The summed E-state index contributed by atoms with van der Waals surface area (Å²) >= 11 is 0. The Bertz CT molecular complexity index is 787. The van der Waals surface area contributed by atoms with Gasteiger partial charge in [-0.05, 0) is 26.2 Å². The van der Waals surface area contributed by atoms with Crippen LogP contribution in [0.5, 0.6) is 11.5 Å². The van der Waals surface area contributed by atoms with Crippen LogP contribution in [0.25, 0.3) is 0 Å². The van der Waals surface area contributed by atoms with Crippen LogP contribution in [0.4, 0.5) is 0 Å². The number of aliphatic imine (C=N–C) groups is 1. The lowest BCUT2D eigenvalue weighted by Gasteiger charge is -2.28. The van der Waals surface area contributed by atoms with Crippen molar-refractivity contribution in [2.24, 2.45) is 12.0 Å². The summed E-state index contributed by atoms with van der Waals surface area (Å²) in [5, 5.41) is 7.76. The number of ether oxygens (including phenoxy) is 2. The molecule has 1 heterocycles. The molecule has 1 atom stereocenters. The van der Waals surface area contributed by atoms with E-state index in [9.17, 15) is 0 Å². The molecule has 0 aliphatic rings. The Balaban J connectivity index is 2.06. The zero-order valence-corrected chi connectivity index (χ0v) is 17.9. The lowest BCUT2D eigenvalue weighted by molar-refractivity contribution is 0.295. The van der Waals surface area contributed by atoms with Crippen molar-refractivity contribution >= 4 is 5.96 Å². The molecule has 0 aliphatic heterocycles. The molecule has 8 heteroatoms. The maximum atomic E-state index is 5.51. The van der Waals surface area contributed by atoms with Gasteiger partial charge in [0.1, 0.15) is 11.5 Å². The average Bonchev–Trinajstić information content (AvgIpc) is 3.10. The molecule has 1 aromatic heterocycles. The van der Waals surface area contributed by atoms with Crippen molar-refractivity contribution in [3.05, 3.63) is 41.7 Å². The highest BCUT2D eigenvalue weighted by Gasteiger charge is 2.18. The second kappa shape index (κ2) is 9.98. The summed E-state index contributed by atoms with van der Waals surface area (Å²) in [5.74, 6) is 2.38. The number of likely N-dealkylation sites (N-methyl/N-ethyl adjacent to an activating group) is 1. The molecule has 0 saturated heterocycles. The number of rotatable bonds is 8. The van der Waals surface area contributed by atoms with Gasteiger partial charge in [-0.15, -0.1) is 0 Å². The number of methoxy groups -OCH3 is 2. The lowest BCUT2D eigenvalue weighted by atomic mass is 10.1. The summed E-state index contributed by atoms with van der Waals surface area (Å²) in [6.45, 7) is 1.38. The van der Waals surface area contributed by atoms with Gasteiger partial charge in [-0.2, -0.15) is 5.10 Å². The van der Waals surface area contributed by atoms with Gasteiger partial charge in [0.15, 0.2) is 5.96 Å². The average molecular weight is 389 g/mol. The summed E-state index contributed by atoms with van der Waals surface area (Å²) in [6.07, 6.45) is 3.95. The van der Waals surface area contributed by atoms with Gasteiger partial charge in [0, 0.05) is 57.6 Å². The first-order valence-electron chi connectivity index (χ1n) is 9.17. The highest BCUT2D eigenvalue weighted by atomic mass is 16.5. The van der Waals surface area contributed by atoms with E-state index < -0.39 is 0 Å². The van der Waals surface area contributed by atoms with Gasteiger partial charge in [0.05, 0.1) is 26.5 Å². The number of aryl methyl sites for hydroxylation is 1. The maximum absolute atomic E-state index is 5.51. The summed E-state index contributed by atoms with van der Waals surface area (Å²) < 4.78 is 12.6. The third kappa shape index (κ3) is 5.39. The minimum Gasteiger partial charge on any atom is -0.497 e. The molecule has 0 bridgehead atoms. The molecule has 0 radical (unpaired) electrons. The number of guanidine groups is 1. The summed E-state index contributed by atoms with van der Waals surface area (Å²) in [7, 11) is 13.2. The van der Waals surface area contributed by atoms with Crippen molar-refractivity contribution in [2.45, 2.75) is 12.6 Å². The molecule has 0 amide bonds. The standard InChI is InChI=1S/C20H32N6O2/c1-21-20(22-12-18(24(2)3)16-11-23-26(5)14-16)25(4)13-15-8-9-17(27-6)10-19(15)28-7/h8-11,14,18H,12-13H2,1-7H3,(H,21,22). The fourth-order valence-corrected chi connectivity index (χ4v) is 3.10. The van der Waals surface area contributed by atoms with Gasteiger partial charge in [0.25, 0.3) is 0 Å². The van der Waals surface area contributed by atoms with Crippen molar-refractivity contribution < 1.29 is 9.47 Å². The predicted molar refractivity (Wildman–Crippen MR) is 112 cm³/mol. The van der Waals surface area contributed by atoms with E-state index in [1.54, 1.807) is 21.3 Å². The molecule has 0 saturated carbocycles. The fourth-order valence-electron chi connectivity index (χ4n) is 3.10. The SMILES string of the molecule is CN=C(NCC(c1cnn(C)c1)N(C)C)N(C)Cc1ccc(OC)cc1OC. The molecule has 8 nitrogen and oxygen atoms in total. The predicted octanol–water partition coefficient (Wildman–Crippen LogP) is 1.75. The van der Waals surface area contributed by atoms with E-state index in [1.165, 1.54) is 0 Å². The molecule has 2 aromatic rings. The van der Waals surface area contributed by atoms with Crippen LogP contribution in [-0.2, 0) is 13.6 Å². The Morgan fingerprint density at radius 2 is 2.00 bits per heavy atom. The molecule has 1 N–H and O–H groups in total. The smallest absolute Gasteiger partial charge is 0.193 e. The van der Waals surface area contributed by atoms with Crippen LogP contribution >= 0.6 is 0 Å². The van der Waals surface area contributed by atoms with E-state index in [2.05, 4.69) is 39.3 Å². The number of nitrogens with one attached hydrogen (secondary N) is 1. The molecule has 2 rings (SSSR count). The topological polar surface area (TPSA) is 67.2 Å². The monoisotopic (exact) mass is 388 g/mol. The van der Waals surface area contributed by atoms with E-state index in [-0.39, 0.29) is 6.04 Å². The molecule has 28 heavy (non-hydrogen) atoms. The van der Waals surface area contributed by atoms with Gasteiger partial charge >= 0.3 is 0 Å². The van der Waals surface area contributed by atoms with Crippen LogP contribution in [-0.4, -0.2) is 74.5 Å². The molecule has 1 unspecified atom stereocenters. The second-order valence-corrected chi connectivity index (χ2v) is 6.89. The van der Waals surface area contributed by atoms with E-state index in [1.807, 2.05) is 49.4 Å². The molecular weight excluding hydrogens is 356 g/mol. The first-order valence-corrected chi connectivity index (χ1v) is 9.17. The lowest BCUT2D eigenvalue weighted by Crippen LogP contribution is -2.42. The highest BCUT2D eigenvalue weighted by molar-refractivity contribution is 5.79.